The van der Waals surface area contributed by atoms with Crippen LogP contribution in [0.25, 0.3) is 11.0 Å². The number of fused-ring (bicyclic) bond motifs is 1. The van der Waals surface area contributed by atoms with Crippen molar-refractivity contribution in [2.45, 2.75) is 34.2 Å². The molecule has 0 aliphatic heterocycles. The first-order chi connectivity index (χ1) is 7.93. The minimum atomic E-state index is 0.190. The highest BCUT2D eigenvalue weighted by atomic mass is 32.1. The van der Waals surface area contributed by atoms with Gasteiger partial charge >= 0.3 is 0 Å². The fraction of sp³-hybridized carbons (Fsp3) is 0.500. The number of benzene rings is 1. The minimum Gasteiger partial charge on any atom is -0.330 e. The summed E-state index contributed by atoms with van der Waals surface area (Å²) in [5.41, 5.74) is 5.13. The Morgan fingerprint density at radius 3 is 2.53 bits per heavy atom. The lowest BCUT2D eigenvalue weighted by molar-refractivity contribution is 0.358. The second kappa shape index (κ2) is 4.37. The van der Waals surface area contributed by atoms with Crippen LogP contribution in [0.1, 0.15) is 25.0 Å². The minimum absolute atomic E-state index is 0.190. The molecule has 2 rings (SSSR count). The molecule has 3 heteroatoms. The number of imidazole rings is 1. The Kier molecular flexibility index (Phi) is 3.21. The van der Waals surface area contributed by atoms with E-state index in [1.165, 1.54) is 16.6 Å². The van der Waals surface area contributed by atoms with Gasteiger partial charge in [0.15, 0.2) is 0 Å². The molecule has 0 saturated carbocycles. The maximum Gasteiger partial charge on any atom is 0.0958 e. The van der Waals surface area contributed by atoms with Gasteiger partial charge in [-0.15, -0.1) is 0 Å². The standard InChI is InChI=1S/C14H20N2S/c1-10-5-12-13(6-11(10)2)16(9-15-12)7-14(3,4)8-17/h5-6,9,17H,7-8H2,1-4H3. The average molecular weight is 248 g/mol. The second-order valence-electron chi connectivity index (χ2n) is 5.62. The molecule has 0 amide bonds. The molecule has 0 atom stereocenters. The predicted molar refractivity (Wildman–Crippen MR) is 76.8 cm³/mol. The van der Waals surface area contributed by atoms with Gasteiger partial charge in [-0.1, -0.05) is 13.8 Å². The highest BCUT2D eigenvalue weighted by Gasteiger charge is 2.17. The smallest absolute Gasteiger partial charge is 0.0958 e. The summed E-state index contributed by atoms with van der Waals surface area (Å²) in [7, 11) is 0. The van der Waals surface area contributed by atoms with E-state index >= 15 is 0 Å². The SMILES string of the molecule is Cc1cc2ncn(CC(C)(C)CS)c2cc1C. The highest BCUT2D eigenvalue weighted by Crippen LogP contribution is 2.24. The third-order valence-corrected chi connectivity index (χ3v) is 4.12. The molecule has 17 heavy (non-hydrogen) atoms. The quantitative estimate of drug-likeness (QED) is 0.822. The van der Waals surface area contributed by atoms with E-state index in [-0.39, 0.29) is 5.41 Å². The Bertz CT molecular complexity index is 540. The van der Waals surface area contributed by atoms with Crippen LogP contribution < -0.4 is 0 Å². The summed E-state index contributed by atoms with van der Waals surface area (Å²) in [5.74, 6) is 0.873. The fourth-order valence-electron chi connectivity index (χ4n) is 1.95. The third kappa shape index (κ3) is 2.49. The number of aromatic nitrogens is 2. The molecule has 0 unspecified atom stereocenters. The van der Waals surface area contributed by atoms with E-state index in [0.717, 1.165) is 17.8 Å². The number of aryl methyl sites for hydroxylation is 2. The number of rotatable bonds is 3. The Morgan fingerprint density at radius 2 is 1.88 bits per heavy atom. The van der Waals surface area contributed by atoms with Crippen molar-refractivity contribution in [1.82, 2.24) is 9.55 Å². The number of thiol groups is 1. The van der Waals surface area contributed by atoms with Crippen molar-refractivity contribution < 1.29 is 0 Å². The van der Waals surface area contributed by atoms with Gasteiger partial charge in [-0.2, -0.15) is 12.6 Å². The summed E-state index contributed by atoms with van der Waals surface area (Å²) in [6.07, 6.45) is 1.94. The molecular formula is C14H20N2S. The van der Waals surface area contributed by atoms with E-state index in [1.807, 2.05) is 6.33 Å². The molecule has 1 aromatic heterocycles. The van der Waals surface area contributed by atoms with Gasteiger partial charge in [-0.3, -0.25) is 0 Å². The molecule has 0 bridgehead atoms. The van der Waals surface area contributed by atoms with Gasteiger partial charge in [-0.25, -0.2) is 4.98 Å². The highest BCUT2D eigenvalue weighted by molar-refractivity contribution is 7.80. The molecule has 2 nitrogen and oxygen atoms in total. The zero-order valence-corrected chi connectivity index (χ0v) is 11.9. The molecule has 0 aliphatic rings. The van der Waals surface area contributed by atoms with Gasteiger partial charge < -0.3 is 4.57 Å². The number of hydrogen-bond acceptors (Lipinski definition) is 2. The first-order valence-electron chi connectivity index (χ1n) is 5.96. The van der Waals surface area contributed by atoms with Crippen molar-refractivity contribution in [3.05, 3.63) is 29.6 Å². The van der Waals surface area contributed by atoms with E-state index in [4.69, 9.17) is 0 Å². The third-order valence-electron chi connectivity index (χ3n) is 3.26. The van der Waals surface area contributed by atoms with Gasteiger partial charge in [0.1, 0.15) is 0 Å². The first-order valence-corrected chi connectivity index (χ1v) is 6.59. The molecule has 1 heterocycles. The van der Waals surface area contributed by atoms with Crippen LogP contribution in [0.2, 0.25) is 0 Å². The van der Waals surface area contributed by atoms with Crippen LogP contribution in [0.3, 0.4) is 0 Å². The molecular weight excluding hydrogens is 228 g/mol. The fourth-order valence-corrected chi connectivity index (χ4v) is 2.05. The van der Waals surface area contributed by atoms with Gasteiger partial charge in [0, 0.05) is 6.54 Å². The Morgan fingerprint density at radius 1 is 1.24 bits per heavy atom. The molecule has 0 radical (unpaired) electrons. The molecule has 0 N–H and O–H groups in total. The molecule has 1 aromatic carbocycles. The summed E-state index contributed by atoms with van der Waals surface area (Å²) in [4.78, 5) is 4.48. The number of hydrogen-bond donors (Lipinski definition) is 1. The van der Waals surface area contributed by atoms with Crippen molar-refractivity contribution in [2.24, 2.45) is 5.41 Å². The zero-order valence-electron chi connectivity index (χ0n) is 11.0. The van der Waals surface area contributed by atoms with Crippen molar-refractivity contribution in [1.29, 1.82) is 0 Å². The normalized spacial score (nSPS) is 12.3. The average Bonchev–Trinajstić information content (AvgIpc) is 2.62. The first kappa shape index (κ1) is 12.5. The van der Waals surface area contributed by atoms with Crippen molar-refractivity contribution in [3.8, 4) is 0 Å². The largest absolute Gasteiger partial charge is 0.330 e. The Labute approximate surface area is 108 Å². The zero-order chi connectivity index (χ0) is 12.6. The van der Waals surface area contributed by atoms with Crippen LogP contribution in [0.5, 0.6) is 0 Å². The molecule has 0 saturated heterocycles. The van der Waals surface area contributed by atoms with Gasteiger partial charge in [0.05, 0.1) is 17.4 Å². The second-order valence-corrected chi connectivity index (χ2v) is 5.94. The van der Waals surface area contributed by atoms with Crippen molar-refractivity contribution in [2.75, 3.05) is 5.75 Å². The van der Waals surface area contributed by atoms with E-state index in [9.17, 15) is 0 Å². The van der Waals surface area contributed by atoms with Gasteiger partial charge in [-0.05, 0) is 48.3 Å². The molecule has 92 valence electrons. The Balaban J connectivity index is 2.46. The monoisotopic (exact) mass is 248 g/mol. The van der Waals surface area contributed by atoms with Gasteiger partial charge in [0.2, 0.25) is 0 Å². The van der Waals surface area contributed by atoms with E-state index in [1.54, 1.807) is 0 Å². The maximum atomic E-state index is 4.48. The topological polar surface area (TPSA) is 17.8 Å². The lowest BCUT2D eigenvalue weighted by atomic mass is 9.96. The van der Waals surface area contributed by atoms with Crippen LogP contribution >= 0.6 is 12.6 Å². The molecule has 0 fully saturated rings. The van der Waals surface area contributed by atoms with Crippen LogP contribution in [-0.2, 0) is 6.54 Å². The van der Waals surface area contributed by atoms with Crippen molar-refractivity contribution in [3.63, 3.8) is 0 Å². The van der Waals surface area contributed by atoms with Crippen LogP contribution in [0.15, 0.2) is 18.5 Å². The summed E-state index contributed by atoms with van der Waals surface area (Å²) in [6.45, 7) is 9.69. The Hall–Kier alpha value is -0.960. The lowest BCUT2D eigenvalue weighted by Gasteiger charge is -2.22. The van der Waals surface area contributed by atoms with Crippen molar-refractivity contribution >= 4 is 23.7 Å². The van der Waals surface area contributed by atoms with E-state index in [0.29, 0.717) is 0 Å². The molecule has 2 aromatic rings. The predicted octanol–water partition coefficient (Wildman–Crippen LogP) is 3.61. The van der Waals surface area contributed by atoms with E-state index < -0.39 is 0 Å². The summed E-state index contributed by atoms with van der Waals surface area (Å²) < 4.78 is 2.23. The van der Waals surface area contributed by atoms with E-state index in [2.05, 4.69) is 62.0 Å². The summed E-state index contributed by atoms with van der Waals surface area (Å²) in [6, 6.07) is 4.39. The van der Waals surface area contributed by atoms with Gasteiger partial charge in [0.25, 0.3) is 0 Å². The summed E-state index contributed by atoms with van der Waals surface area (Å²) >= 11 is 4.41. The number of nitrogens with zero attached hydrogens (tertiary/aromatic N) is 2. The van der Waals surface area contributed by atoms with Crippen LogP contribution in [0, 0.1) is 19.3 Å². The molecule has 0 aliphatic carbocycles. The molecule has 0 spiro atoms. The maximum absolute atomic E-state index is 4.48. The lowest BCUT2D eigenvalue weighted by Crippen LogP contribution is -2.20. The summed E-state index contributed by atoms with van der Waals surface area (Å²) in [5, 5.41) is 0. The van der Waals surface area contributed by atoms with Crippen LogP contribution in [-0.4, -0.2) is 15.3 Å². The van der Waals surface area contributed by atoms with Crippen LogP contribution in [0.4, 0.5) is 0 Å².